The second-order valence-electron chi connectivity index (χ2n) is 6.56. The van der Waals surface area contributed by atoms with Gasteiger partial charge >= 0.3 is 0 Å². The number of amides is 1. The van der Waals surface area contributed by atoms with Crippen molar-refractivity contribution in [3.05, 3.63) is 60.2 Å². The first-order valence-electron chi connectivity index (χ1n) is 9.74. The van der Waals surface area contributed by atoms with Crippen molar-refractivity contribution in [3.8, 4) is 22.9 Å². The fraction of sp³-hybridized carbons (Fsp3) is 0.318. The van der Waals surface area contributed by atoms with Gasteiger partial charge in [-0.2, -0.15) is 4.98 Å². The number of carbonyl (C=O) groups excluding carboxylic acids is 1. The number of benzene rings is 2. The lowest BCUT2D eigenvalue weighted by Crippen LogP contribution is -2.31. The zero-order valence-electron chi connectivity index (χ0n) is 17.0. The van der Waals surface area contributed by atoms with E-state index in [0.717, 1.165) is 11.3 Å². The van der Waals surface area contributed by atoms with Gasteiger partial charge in [0.05, 0.1) is 13.2 Å². The molecule has 0 aliphatic carbocycles. The van der Waals surface area contributed by atoms with Crippen LogP contribution in [0, 0.1) is 5.82 Å². The number of halogens is 1. The van der Waals surface area contributed by atoms with E-state index in [-0.39, 0.29) is 24.7 Å². The Hall–Kier alpha value is -3.42. The minimum atomic E-state index is -0.425. The fourth-order valence-electron chi connectivity index (χ4n) is 2.72. The molecule has 2 aromatic carbocycles. The van der Waals surface area contributed by atoms with E-state index in [4.69, 9.17) is 14.0 Å². The van der Waals surface area contributed by atoms with Gasteiger partial charge in [-0.3, -0.25) is 4.79 Å². The van der Waals surface area contributed by atoms with Crippen LogP contribution in [0.4, 0.5) is 4.39 Å². The molecule has 0 N–H and O–H groups in total. The second kappa shape index (κ2) is 10.4. The number of hydrogen-bond donors (Lipinski definition) is 0. The number of ether oxygens (including phenoxy) is 2. The highest BCUT2D eigenvalue weighted by Crippen LogP contribution is 2.20. The van der Waals surface area contributed by atoms with Crippen molar-refractivity contribution in [2.75, 3.05) is 26.8 Å². The molecule has 3 rings (SSSR count). The molecule has 8 heteroatoms. The highest BCUT2D eigenvalue weighted by molar-refractivity contribution is 5.76. The number of aryl methyl sites for hydroxylation is 1. The Morgan fingerprint density at radius 2 is 1.90 bits per heavy atom. The number of hydrogen-bond acceptors (Lipinski definition) is 6. The molecule has 1 amide bonds. The largest absolute Gasteiger partial charge is 0.494 e. The van der Waals surface area contributed by atoms with Crippen molar-refractivity contribution in [1.29, 1.82) is 0 Å². The summed E-state index contributed by atoms with van der Waals surface area (Å²) in [6.07, 6.45) is 0.558. The highest BCUT2D eigenvalue weighted by atomic mass is 19.1. The minimum absolute atomic E-state index is 0.0899. The summed E-state index contributed by atoms with van der Waals surface area (Å²) in [4.78, 5) is 18.2. The molecule has 0 saturated carbocycles. The molecule has 0 saturated heterocycles. The van der Waals surface area contributed by atoms with Crippen molar-refractivity contribution in [1.82, 2.24) is 15.0 Å². The summed E-state index contributed by atoms with van der Waals surface area (Å²) in [6.45, 7) is 3.07. The summed E-state index contributed by atoms with van der Waals surface area (Å²) in [5.41, 5.74) is 0.808. The van der Waals surface area contributed by atoms with E-state index in [2.05, 4.69) is 10.1 Å². The Morgan fingerprint density at radius 3 is 2.63 bits per heavy atom. The molecule has 0 aliphatic heterocycles. The summed E-state index contributed by atoms with van der Waals surface area (Å²) < 4.78 is 29.6. The third-order valence-corrected chi connectivity index (χ3v) is 4.39. The maximum Gasteiger partial charge on any atom is 0.227 e. The van der Waals surface area contributed by atoms with Crippen LogP contribution in [-0.2, 0) is 11.2 Å². The summed E-state index contributed by atoms with van der Waals surface area (Å²) in [6, 6.07) is 13.6. The zero-order chi connectivity index (χ0) is 21.3. The predicted octanol–water partition coefficient (Wildman–Crippen LogP) is 3.74. The molecule has 0 atom stereocenters. The molecule has 0 unspecified atom stereocenters. The molecule has 30 heavy (non-hydrogen) atoms. The molecular weight excluding hydrogens is 389 g/mol. The SMILES string of the molecule is CCOc1ccc(-c2noc(CCC(=O)N(C)CCOc3ccccc3F)n2)cc1. The minimum Gasteiger partial charge on any atom is -0.494 e. The fourth-order valence-corrected chi connectivity index (χ4v) is 2.72. The lowest BCUT2D eigenvalue weighted by Gasteiger charge is -2.17. The van der Waals surface area contributed by atoms with Gasteiger partial charge in [0.15, 0.2) is 11.6 Å². The maximum absolute atomic E-state index is 13.5. The molecule has 0 aliphatic rings. The number of carbonyl (C=O) groups is 1. The van der Waals surface area contributed by atoms with Gasteiger partial charge in [-0.1, -0.05) is 17.3 Å². The Kier molecular flexibility index (Phi) is 7.37. The van der Waals surface area contributed by atoms with Gasteiger partial charge in [0.2, 0.25) is 17.6 Å². The van der Waals surface area contributed by atoms with E-state index in [9.17, 15) is 9.18 Å². The van der Waals surface area contributed by atoms with Crippen molar-refractivity contribution in [3.63, 3.8) is 0 Å². The summed E-state index contributed by atoms with van der Waals surface area (Å²) in [7, 11) is 1.67. The smallest absolute Gasteiger partial charge is 0.227 e. The van der Waals surface area contributed by atoms with Gasteiger partial charge in [0.25, 0.3) is 0 Å². The molecule has 1 aromatic heterocycles. The first-order valence-corrected chi connectivity index (χ1v) is 9.74. The standard InChI is InChI=1S/C22H24FN3O4/c1-3-28-17-10-8-16(9-11-17)22-24-20(30-25-22)12-13-21(27)26(2)14-15-29-19-7-5-4-6-18(19)23/h4-11H,3,12-15H2,1-2H3. The number of likely N-dealkylation sites (N-methyl/N-ethyl adjacent to an activating group) is 1. The van der Waals surface area contributed by atoms with E-state index in [0.29, 0.717) is 31.3 Å². The van der Waals surface area contributed by atoms with Gasteiger partial charge in [-0.05, 0) is 43.3 Å². The van der Waals surface area contributed by atoms with Crippen molar-refractivity contribution in [2.45, 2.75) is 19.8 Å². The van der Waals surface area contributed by atoms with Crippen LogP contribution < -0.4 is 9.47 Å². The molecule has 0 bridgehead atoms. The quantitative estimate of drug-likeness (QED) is 0.504. The summed E-state index contributed by atoms with van der Waals surface area (Å²) in [5, 5.41) is 3.97. The Balaban J connectivity index is 1.44. The molecule has 7 nitrogen and oxygen atoms in total. The molecule has 0 fully saturated rings. The molecule has 158 valence electrons. The molecule has 0 radical (unpaired) electrons. The van der Waals surface area contributed by atoms with Crippen LogP contribution in [0.2, 0.25) is 0 Å². The molecular formula is C22H24FN3O4. The third kappa shape index (κ3) is 5.79. The monoisotopic (exact) mass is 413 g/mol. The number of nitrogens with zero attached hydrogens (tertiary/aromatic N) is 3. The van der Waals surface area contributed by atoms with Crippen LogP contribution in [0.1, 0.15) is 19.2 Å². The van der Waals surface area contributed by atoms with Crippen LogP contribution in [0.5, 0.6) is 11.5 Å². The van der Waals surface area contributed by atoms with E-state index >= 15 is 0 Å². The van der Waals surface area contributed by atoms with Crippen LogP contribution in [0.3, 0.4) is 0 Å². The number of rotatable bonds is 10. The Labute approximate surface area is 174 Å². The second-order valence-corrected chi connectivity index (χ2v) is 6.56. The molecule has 1 heterocycles. The lowest BCUT2D eigenvalue weighted by atomic mass is 10.2. The van der Waals surface area contributed by atoms with Crippen LogP contribution in [-0.4, -0.2) is 47.8 Å². The maximum atomic E-state index is 13.5. The normalized spacial score (nSPS) is 10.6. The number of aromatic nitrogens is 2. The lowest BCUT2D eigenvalue weighted by molar-refractivity contribution is -0.130. The zero-order valence-corrected chi connectivity index (χ0v) is 17.0. The van der Waals surface area contributed by atoms with E-state index < -0.39 is 5.82 Å². The van der Waals surface area contributed by atoms with Gasteiger partial charge in [0.1, 0.15) is 12.4 Å². The third-order valence-electron chi connectivity index (χ3n) is 4.39. The van der Waals surface area contributed by atoms with E-state index in [1.54, 1.807) is 25.2 Å². The van der Waals surface area contributed by atoms with Gasteiger partial charge < -0.3 is 18.9 Å². The summed E-state index contributed by atoms with van der Waals surface area (Å²) in [5.74, 6) is 1.29. The van der Waals surface area contributed by atoms with E-state index in [1.807, 2.05) is 31.2 Å². The van der Waals surface area contributed by atoms with Gasteiger partial charge in [-0.15, -0.1) is 0 Å². The first-order chi connectivity index (χ1) is 14.6. The van der Waals surface area contributed by atoms with Crippen LogP contribution in [0.25, 0.3) is 11.4 Å². The molecule has 0 spiro atoms. The highest BCUT2D eigenvalue weighted by Gasteiger charge is 2.14. The van der Waals surface area contributed by atoms with Crippen molar-refractivity contribution >= 4 is 5.91 Å². The summed E-state index contributed by atoms with van der Waals surface area (Å²) >= 11 is 0. The first kappa shape index (κ1) is 21.3. The Morgan fingerprint density at radius 1 is 1.13 bits per heavy atom. The van der Waals surface area contributed by atoms with Gasteiger partial charge in [0, 0.05) is 25.5 Å². The van der Waals surface area contributed by atoms with Gasteiger partial charge in [-0.25, -0.2) is 4.39 Å². The topological polar surface area (TPSA) is 77.7 Å². The average Bonchev–Trinajstić information content (AvgIpc) is 3.23. The predicted molar refractivity (Wildman–Crippen MR) is 109 cm³/mol. The van der Waals surface area contributed by atoms with Crippen molar-refractivity contribution < 1.29 is 23.2 Å². The average molecular weight is 413 g/mol. The van der Waals surface area contributed by atoms with Crippen LogP contribution in [0.15, 0.2) is 53.1 Å². The van der Waals surface area contributed by atoms with E-state index in [1.165, 1.54) is 11.0 Å². The number of para-hydroxylation sites is 1. The Bertz CT molecular complexity index is 959. The van der Waals surface area contributed by atoms with Crippen LogP contribution >= 0.6 is 0 Å². The molecule has 3 aromatic rings. The van der Waals surface area contributed by atoms with Crippen molar-refractivity contribution in [2.24, 2.45) is 0 Å².